The summed E-state index contributed by atoms with van der Waals surface area (Å²) in [6, 6.07) is 0. The van der Waals surface area contributed by atoms with Crippen molar-refractivity contribution in [1.82, 2.24) is 4.90 Å². The van der Waals surface area contributed by atoms with E-state index in [0.29, 0.717) is 11.8 Å². The molecule has 0 aromatic heterocycles. The standard InChI is InChI=1S/C17H30N2O2/c1-13-6-4-2-3-5-11-19(12-13)17(21)15-9-7-14(8-10-15)16(18)20/h13-15H,2-12H2,1H3,(H2,18,20). The average molecular weight is 294 g/mol. The zero-order valence-electron chi connectivity index (χ0n) is 13.4. The molecule has 0 aromatic carbocycles. The van der Waals surface area contributed by atoms with Crippen molar-refractivity contribution in [2.24, 2.45) is 23.5 Å². The second-order valence-corrected chi connectivity index (χ2v) is 7.04. The van der Waals surface area contributed by atoms with Crippen molar-refractivity contribution in [3.05, 3.63) is 0 Å². The van der Waals surface area contributed by atoms with Gasteiger partial charge in [-0.05, 0) is 44.4 Å². The van der Waals surface area contributed by atoms with Crippen molar-refractivity contribution in [1.29, 1.82) is 0 Å². The number of hydrogen-bond donors (Lipinski definition) is 1. The molecule has 1 aliphatic heterocycles. The van der Waals surface area contributed by atoms with Crippen LogP contribution < -0.4 is 5.73 Å². The van der Waals surface area contributed by atoms with Gasteiger partial charge in [0.15, 0.2) is 0 Å². The van der Waals surface area contributed by atoms with E-state index in [1.54, 1.807) is 0 Å². The summed E-state index contributed by atoms with van der Waals surface area (Å²) in [6.07, 6.45) is 9.44. The van der Waals surface area contributed by atoms with Crippen LogP contribution >= 0.6 is 0 Å². The van der Waals surface area contributed by atoms with Crippen LogP contribution in [0.4, 0.5) is 0 Å². The highest BCUT2D eigenvalue weighted by molar-refractivity contribution is 5.80. The van der Waals surface area contributed by atoms with Crippen molar-refractivity contribution in [3.63, 3.8) is 0 Å². The predicted molar refractivity (Wildman–Crippen MR) is 83.5 cm³/mol. The van der Waals surface area contributed by atoms with Crippen LogP contribution in [0.3, 0.4) is 0 Å². The minimum Gasteiger partial charge on any atom is -0.369 e. The minimum atomic E-state index is -0.197. The van der Waals surface area contributed by atoms with Crippen molar-refractivity contribution >= 4 is 11.8 Å². The molecule has 4 nitrogen and oxygen atoms in total. The smallest absolute Gasteiger partial charge is 0.225 e. The van der Waals surface area contributed by atoms with E-state index >= 15 is 0 Å². The lowest BCUT2D eigenvalue weighted by Crippen LogP contribution is -2.41. The Kier molecular flexibility index (Phi) is 6.07. The third-order valence-corrected chi connectivity index (χ3v) is 5.20. The van der Waals surface area contributed by atoms with Crippen molar-refractivity contribution < 1.29 is 9.59 Å². The van der Waals surface area contributed by atoms with Gasteiger partial charge in [-0.25, -0.2) is 0 Å². The molecule has 21 heavy (non-hydrogen) atoms. The van der Waals surface area contributed by atoms with E-state index in [9.17, 15) is 9.59 Å². The molecular weight excluding hydrogens is 264 g/mol. The molecule has 1 aliphatic carbocycles. The number of primary amides is 1. The first-order chi connectivity index (χ1) is 10.1. The Morgan fingerprint density at radius 3 is 2.19 bits per heavy atom. The summed E-state index contributed by atoms with van der Waals surface area (Å²) in [4.78, 5) is 26.1. The molecule has 1 atom stereocenters. The third kappa shape index (κ3) is 4.72. The second-order valence-electron chi connectivity index (χ2n) is 7.04. The molecule has 120 valence electrons. The molecule has 2 amide bonds. The molecule has 0 spiro atoms. The quantitative estimate of drug-likeness (QED) is 0.851. The van der Waals surface area contributed by atoms with Gasteiger partial charge in [0.05, 0.1) is 0 Å². The normalized spacial score (nSPS) is 31.9. The Morgan fingerprint density at radius 1 is 0.905 bits per heavy atom. The summed E-state index contributed by atoms with van der Waals surface area (Å²) in [6.45, 7) is 4.09. The third-order valence-electron chi connectivity index (χ3n) is 5.20. The molecular formula is C17H30N2O2. The number of amides is 2. The lowest BCUT2D eigenvalue weighted by atomic mass is 9.81. The van der Waals surface area contributed by atoms with Gasteiger partial charge in [-0.2, -0.15) is 0 Å². The van der Waals surface area contributed by atoms with Crippen LogP contribution in [0.2, 0.25) is 0 Å². The van der Waals surface area contributed by atoms with Crippen LogP contribution in [-0.2, 0) is 9.59 Å². The van der Waals surface area contributed by atoms with E-state index in [0.717, 1.165) is 45.2 Å². The van der Waals surface area contributed by atoms with Crippen LogP contribution in [0.15, 0.2) is 0 Å². The van der Waals surface area contributed by atoms with Gasteiger partial charge in [-0.3, -0.25) is 9.59 Å². The van der Waals surface area contributed by atoms with Crippen LogP contribution in [-0.4, -0.2) is 29.8 Å². The predicted octanol–water partition coefficient (Wildman–Crippen LogP) is 2.71. The van der Waals surface area contributed by atoms with Crippen LogP contribution in [0.1, 0.15) is 64.7 Å². The number of nitrogens with two attached hydrogens (primary N) is 1. The highest BCUT2D eigenvalue weighted by atomic mass is 16.2. The van der Waals surface area contributed by atoms with Gasteiger partial charge in [0.2, 0.25) is 11.8 Å². The molecule has 0 radical (unpaired) electrons. The Hall–Kier alpha value is -1.06. The fraction of sp³-hybridized carbons (Fsp3) is 0.882. The van der Waals surface area contributed by atoms with E-state index in [2.05, 4.69) is 11.8 Å². The number of carbonyl (C=O) groups is 2. The zero-order valence-corrected chi connectivity index (χ0v) is 13.4. The molecule has 2 aliphatic rings. The summed E-state index contributed by atoms with van der Waals surface area (Å²) in [5, 5.41) is 0. The second kappa shape index (κ2) is 7.81. The highest BCUT2D eigenvalue weighted by Crippen LogP contribution is 2.30. The molecule has 0 bridgehead atoms. The molecule has 1 saturated carbocycles. The molecule has 4 heteroatoms. The summed E-state index contributed by atoms with van der Waals surface area (Å²) >= 11 is 0. The Balaban J connectivity index is 1.89. The lowest BCUT2D eigenvalue weighted by Gasteiger charge is -2.32. The summed E-state index contributed by atoms with van der Waals surface area (Å²) in [7, 11) is 0. The highest BCUT2D eigenvalue weighted by Gasteiger charge is 2.31. The van der Waals surface area contributed by atoms with Gasteiger partial charge < -0.3 is 10.6 Å². The van der Waals surface area contributed by atoms with Crippen molar-refractivity contribution in [2.45, 2.75) is 64.7 Å². The lowest BCUT2D eigenvalue weighted by molar-refractivity contribution is -0.138. The van der Waals surface area contributed by atoms with Gasteiger partial charge in [-0.15, -0.1) is 0 Å². The van der Waals surface area contributed by atoms with Crippen LogP contribution in [0, 0.1) is 17.8 Å². The van der Waals surface area contributed by atoms with E-state index < -0.39 is 0 Å². The van der Waals surface area contributed by atoms with Crippen molar-refractivity contribution in [2.75, 3.05) is 13.1 Å². The maximum Gasteiger partial charge on any atom is 0.225 e. The molecule has 1 unspecified atom stereocenters. The van der Waals surface area contributed by atoms with Gasteiger partial charge in [0, 0.05) is 24.9 Å². The first-order valence-corrected chi connectivity index (χ1v) is 8.66. The van der Waals surface area contributed by atoms with Gasteiger partial charge >= 0.3 is 0 Å². The number of carbonyl (C=O) groups excluding carboxylic acids is 2. The molecule has 0 aromatic rings. The Bertz CT molecular complexity index is 362. The molecule has 2 N–H and O–H groups in total. The largest absolute Gasteiger partial charge is 0.369 e. The first-order valence-electron chi connectivity index (χ1n) is 8.66. The maximum atomic E-state index is 12.8. The van der Waals surface area contributed by atoms with Gasteiger partial charge in [-0.1, -0.05) is 26.2 Å². The topological polar surface area (TPSA) is 63.4 Å². The zero-order chi connectivity index (χ0) is 15.2. The van der Waals surface area contributed by atoms with Crippen molar-refractivity contribution in [3.8, 4) is 0 Å². The molecule has 1 heterocycles. The SMILES string of the molecule is CC1CCCCCCN(C(=O)C2CCC(C(N)=O)CC2)C1. The molecule has 2 rings (SSSR count). The monoisotopic (exact) mass is 294 g/mol. The average Bonchev–Trinajstić information content (AvgIpc) is 2.58. The van der Waals surface area contributed by atoms with E-state index in [4.69, 9.17) is 5.73 Å². The van der Waals surface area contributed by atoms with E-state index in [1.165, 1.54) is 25.7 Å². The van der Waals surface area contributed by atoms with Gasteiger partial charge in [0.1, 0.15) is 0 Å². The summed E-state index contributed by atoms with van der Waals surface area (Å²) < 4.78 is 0. The number of rotatable bonds is 2. The maximum absolute atomic E-state index is 12.8. The van der Waals surface area contributed by atoms with Crippen LogP contribution in [0.25, 0.3) is 0 Å². The fourth-order valence-corrected chi connectivity index (χ4v) is 3.79. The summed E-state index contributed by atoms with van der Waals surface area (Å²) in [5.41, 5.74) is 5.37. The fourth-order valence-electron chi connectivity index (χ4n) is 3.79. The van der Waals surface area contributed by atoms with E-state index in [1.807, 2.05) is 0 Å². The molecule has 1 saturated heterocycles. The summed E-state index contributed by atoms with van der Waals surface area (Å²) in [5.74, 6) is 0.843. The Morgan fingerprint density at radius 2 is 1.52 bits per heavy atom. The van der Waals surface area contributed by atoms with Crippen LogP contribution in [0.5, 0.6) is 0 Å². The van der Waals surface area contributed by atoms with E-state index in [-0.39, 0.29) is 17.7 Å². The number of nitrogens with zero attached hydrogens (tertiary/aromatic N) is 1. The first kappa shape index (κ1) is 16.3. The molecule has 2 fully saturated rings. The Labute approximate surface area is 128 Å². The minimum absolute atomic E-state index is 0.0106. The number of hydrogen-bond acceptors (Lipinski definition) is 2. The van der Waals surface area contributed by atoms with Gasteiger partial charge in [0.25, 0.3) is 0 Å².